The van der Waals surface area contributed by atoms with Crippen LogP contribution in [0.1, 0.15) is 23.2 Å². The van der Waals surface area contributed by atoms with Crippen LogP contribution < -0.4 is 10.5 Å². The Balaban J connectivity index is 1.84. The SMILES string of the molecule is NCCOc1ccc(Cl)cc1C(=O)N1CCO[C@H]2C[C@H](CO)C[C@@H]21. The number of aliphatic hydroxyl groups is 1. The molecule has 3 atom stereocenters. The predicted molar refractivity (Wildman–Crippen MR) is 90.4 cm³/mol. The van der Waals surface area contributed by atoms with Crippen LogP contribution in [-0.4, -0.2) is 61.0 Å². The first-order valence-corrected chi connectivity index (χ1v) is 8.67. The zero-order valence-electron chi connectivity index (χ0n) is 13.5. The number of benzene rings is 1. The van der Waals surface area contributed by atoms with Gasteiger partial charge in [0.25, 0.3) is 5.91 Å². The quantitative estimate of drug-likeness (QED) is 0.832. The molecule has 6 nitrogen and oxygen atoms in total. The molecule has 3 N–H and O–H groups in total. The van der Waals surface area contributed by atoms with Gasteiger partial charge in [-0.05, 0) is 37.0 Å². The minimum Gasteiger partial charge on any atom is -0.491 e. The fraction of sp³-hybridized carbons (Fsp3) is 0.588. The van der Waals surface area contributed by atoms with Crippen LogP contribution in [0, 0.1) is 5.92 Å². The molecule has 1 saturated heterocycles. The maximum Gasteiger partial charge on any atom is 0.258 e. The summed E-state index contributed by atoms with van der Waals surface area (Å²) in [5.74, 6) is 0.566. The van der Waals surface area contributed by atoms with Gasteiger partial charge in [0, 0.05) is 24.7 Å². The number of carbonyl (C=O) groups excluding carboxylic acids is 1. The minimum atomic E-state index is -0.110. The number of morpholine rings is 1. The number of halogens is 1. The summed E-state index contributed by atoms with van der Waals surface area (Å²) >= 11 is 6.08. The molecule has 2 fully saturated rings. The number of nitrogens with zero attached hydrogens (tertiary/aromatic N) is 1. The van der Waals surface area contributed by atoms with Crippen molar-refractivity contribution in [3.05, 3.63) is 28.8 Å². The van der Waals surface area contributed by atoms with Crippen LogP contribution in [-0.2, 0) is 4.74 Å². The first-order chi connectivity index (χ1) is 11.6. The lowest BCUT2D eigenvalue weighted by atomic mass is 10.1. The fourth-order valence-corrected chi connectivity index (χ4v) is 3.74. The number of hydrogen-bond acceptors (Lipinski definition) is 5. The average molecular weight is 355 g/mol. The molecule has 132 valence electrons. The Labute approximate surface area is 146 Å². The molecule has 24 heavy (non-hydrogen) atoms. The number of aliphatic hydroxyl groups excluding tert-OH is 1. The lowest BCUT2D eigenvalue weighted by molar-refractivity contribution is -0.0449. The van der Waals surface area contributed by atoms with Gasteiger partial charge >= 0.3 is 0 Å². The van der Waals surface area contributed by atoms with Crippen LogP contribution in [0.5, 0.6) is 5.75 Å². The van der Waals surface area contributed by atoms with E-state index >= 15 is 0 Å². The van der Waals surface area contributed by atoms with Gasteiger partial charge in [-0.1, -0.05) is 11.6 Å². The maximum absolute atomic E-state index is 13.1. The van der Waals surface area contributed by atoms with Gasteiger partial charge in [-0.25, -0.2) is 0 Å². The molecule has 0 bridgehead atoms. The Morgan fingerprint density at radius 1 is 1.46 bits per heavy atom. The van der Waals surface area contributed by atoms with Crippen LogP contribution in [0.3, 0.4) is 0 Å². The first kappa shape index (κ1) is 17.5. The van der Waals surface area contributed by atoms with Gasteiger partial charge in [-0.15, -0.1) is 0 Å². The molecular weight excluding hydrogens is 332 g/mol. The number of rotatable bonds is 5. The summed E-state index contributed by atoms with van der Waals surface area (Å²) in [6.45, 7) is 1.87. The molecule has 7 heteroatoms. The summed E-state index contributed by atoms with van der Waals surface area (Å²) < 4.78 is 11.4. The van der Waals surface area contributed by atoms with Crippen molar-refractivity contribution < 1.29 is 19.4 Å². The molecule has 1 aromatic carbocycles. The van der Waals surface area contributed by atoms with Crippen LogP contribution in [0.2, 0.25) is 5.02 Å². The minimum absolute atomic E-state index is 0.00700. The zero-order valence-corrected chi connectivity index (χ0v) is 14.2. The largest absolute Gasteiger partial charge is 0.491 e. The van der Waals surface area contributed by atoms with Gasteiger partial charge in [-0.2, -0.15) is 0 Å². The third-order valence-corrected chi connectivity index (χ3v) is 4.94. The number of hydrogen-bond donors (Lipinski definition) is 2. The third kappa shape index (κ3) is 3.52. The second-order valence-corrected chi connectivity index (χ2v) is 6.71. The summed E-state index contributed by atoms with van der Waals surface area (Å²) in [5, 5.41) is 9.91. The van der Waals surface area contributed by atoms with E-state index in [1.54, 1.807) is 18.2 Å². The van der Waals surface area contributed by atoms with Crippen LogP contribution in [0.4, 0.5) is 0 Å². The van der Waals surface area contributed by atoms with E-state index in [-0.39, 0.29) is 30.6 Å². The summed E-state index contributed by atoms with van der Waals surface area (Å²) in [6.07, 6.45) is 1.54. The molecule has 0 unspecified atom stereocenters. The zero-order chi connectivity index (χ0) is 17.1. The van der Waals surface area contributed by atoms with E-state index in [0.29, 0.717) is 42.6 Å². The Kier molecular flexibility index (Phi) is 5.61. The number of fused-ring (bicyclic) bond motifs is 1. The molecule has 3 rings (SSSR count). The van der Waals surface area contributed by atoms with Crippen molar-refractivity contribution in [2.24, 2.45) is 11.7 Å². The first-order valence-electron chi connectivity index (χ1n) is 8.30. The molecule has 1 saturated carbocycles. The van der Waals surface area contributed by atoms with E-state index in [0.717, 1.165) is 12.8 Å². The third-order valence-electron chi connectivity index (χ3n) is 4.70. The lowest BCUT2D eigenvalue weighted by Gasteiger charge is -2.38. The van der Waals surface area contributed by atoms with Gasteiger partial charge in [0.2, 0.25) is 0 Å². The van der Waals surface area contributed by atoms with Crippen molar-refractivity contribution in [1.82, 2.24) is 4.90 Å². The Morgan fingerprint density at radius 3 is 3.04 bits per heavy atom. The highest BCUT2D eigenvalue weighted by Gasteiger charge is 2.43. The van der Waals surface area contributed by atoms with E-state index in [9.17, 15) is 9.90 Å². The Bertz CT molecular complexity index is 598. The molecule has 1 heterocycles. The fourth-order valence-electron chi connectivity index (χ4n) is 3.57. The van der Waals surface area contributed by atoms with Gasteiger partial charge in [0.05, 0.1) is 24.3 Å². The molecule has 1 aliphatic carbocycles. The number of ether oxygens (including phenoxy) is 2. The molecule has 1 aliphatic heterocycles. The van der Waals surface area contributed by atoms with Crippen molar-refractivity contribution in [2.45, 2.75) is 25.0 Å². The van der Waals surface area contributed by atoms with Crippen LogP contribution in [0.15, 0.2) is 18.2 Å². The maximum atomic E-state index is 13.1. The average Bonchev–Trinajstić information content (AvgIpc) is 3.03. The van der Waals surface area contributed by atoms with Gasteiger partial charge in [-0.3, -0.25) is 4.79 Å². The molecule has 2 aliphatic rings. The predicted octanol–water partition coefficient (Wildman–Crippen LogP) is 1.29. The van der Waals surface area contributed by atoms with Crippen LogP contribution >= 0.6 is 11.6 Å². The van der Waals surface area contributed by atoms with Crippen molar-refractivity contribution >= 4 is 17.5 Å². The molecule has 1 amide bonds. The summed E-state index contributed by atoms with van der Waals surface area (Å²) in [4.78, 5) is 14.9. The molecule has 0 aromatic heterocycles. The van der Waals surface area contributed by atoms with Crippen molar-refractivity contribution in [1.29, 1.82) is 0 Å². The molecule has 0 radical (unpaired) electrons. The monoisotopic (exact) mass is 354 g/mol. The standard InChI is InChI=1S/C17H23ClN2O4/c18-12-1-2-15(23-5-3-19)13(9-12)17(22)20-4-6-24-16-8-11(10-21)7-14(16)20/h1-2,9,11,14,16,21H,3-8,10,19H2/t11-,14+,16+/m1/s1. The molecular formula is C17H23ClN2O4. The van der Waals surface area contributed by atoms with E-state index in [1.165, 1.54) is 0 Å². The second-order valence-electron chi connectivity index (χ2n) is 6.27. The number of amides is 1. The van der Waals surface area contributed by atoms with Gasteiger partial charge in [0.1, 0.15) is 12.4 Å². The molecule has 0 spiro atoms. The number of carbonyl (C=O) groups is 1. The molecule has 1 aromatic rings. The highest BCUT2D eigenvalue weighted by molar-refractivity contribution is 6.31. The van der Waals surface area contributed by atoms with Crippen molar-refractivity contribution in [3.8, 4) is 5.75 Å². The van der Waals surface area contributed by atoms with E-state index in [4.69, 9.17) is 26.8 Å². The van der Waals surface area contributed by atoms with Crippen molar-refractivity contribution in [2.75, 3.05) is 32.9 Å². The summed E-state index contributed by atoms with van der Waals surface area (Å²) in [5.41, 5.74) is 5.94. The van der Waals surface area contributed by atoms with Gasteiger partial charge < -0.3 is 25.2 Å². The Morgan fingerprint density at radius 2 is 2.29 bits per heavy atom. The highest BCUT2D eigenvalue weighted by atomic mass is 35.5. The van der Waals surface area contributed by atoms with E-state index in [1.807, 2.05) is 4.90 Å². The summed E-state index contributed by atoms with van der Waals surface area (Å²) in [6, 6.07) is 5.03. The highest BCUT2D eigenvalue weighted by Crippen LogP contribution is 2.35. The van der Waals surface area contributed by atoms with Crippen LogP contribution in [0.25, 0.3) is 0 Å². The lowest BCUT2D eigenvalue weighted by Crippen LogP contribution is -2.51. The second kappa shape index (κ2) is 7.70. The smallest absolute Gasteiger partial charge is 0.258 e. The number of nitrogens with two attached hydrogens (primary N) is 1. The Hall–Kier alpha value is -1.34. The van der Waals surface area contributed by atoms with E-state index in [2.05, 4.69) is 0 Å². The summed E-state index contributed by atoms with van der Waals surface area (Å²) in [7, 11) is 0. The van der Waals surface area contributed by atoms with E-state index < -0.39 is 0 Å². The van der Waals surface area contributed by atoms with Gasteiger partial charge in [0.15, 0.2) is 0 Å². The topological polar surface area (TPSA) is 85.0 Å². The van der Waals surface area contributed by atoms with Crippen molar-refractivity contribution in [3.63, 3.8) is 0 Å². The normalized spacial score (nSPS) is 26.3.